The Morgan fingerprint density at radius 1 is 1.12 bits per heavy atom. The molecule has 2 aromatic rings. The Morgan fingerprint density at radius 2 is 1.83 bits per heavy atom. The third-order valence-corrected chi connectivity index (χ3v) is 3.63. The van der Waals surface area contributed by atoms with Crippen LogP contribution in [0.2, 0.25) is 0 Å². The van der Waals surface area contributed by atoms with Crippen LogP contribution < -0.4 is 15.0 Å². The van der Waals surface area contributed by atoms with E-state index >= 15 is 0 Å². The van der Waals surface area contributed by atoms with E-state index in [1.165, 1.54) is 6.92 Å². The average Bonchev–Trinajstić information content (AvgIpc) is 2.55. The Labute approximate surface area is 142 Å². The van der Waals surface area contributed by atoms with Gasteiger partial charge in [0.1, 0.15) is 5.75 Å². The van der Waals surface area contributed by atoms with Crippen molar-refractivity contribution in [3.05, 3.63) is 54.1 Å². The molecule has 126 valence electrons. The standard InChI is InChI=1S/C19H22N2O3/c1-14-5-4-6-16(13-14)20-19(23)11-12-21(15(2)22)17-7-9-18(24-3)10-8-17/h4-10,13H,11-12H2,1-3H3,(H,20,23). The van der Waals surface area contributed by atoms with E-state index in [2.05, 4.69) is 5.32 Å². The monoisotopic (exact) mass is 326 g/mol. The van der Waals surface area contributed by atoms with Gasteiger partial charge in [-0.15, -0.1) is 0 Å². The molecule has 0 aliphatic heterocycles. The summed E-state index contributed by atoms with van der Waals surface area (Å²) in [4.78, 5) is 25.6. The van der Waals surface area contributed by atoms with E-state index < -0.39 is 0 Å². The van der Waals surface area contributed by atoms with Crippen LogP contribution in [0, 0.1) is 6.92 Å². The van der Waals surface area contributed by atoms with Gasteiger partial charge in [-0.1, -0.05) is 12.1 Å². The number of benzene rings is 2. The van der Waals surface area contributed by atoms with Crippen molar-refractivity contribution in [3.8, 4) is 5.75 Å². The number of amides is 2. The lowest BCUT2D eigenvalue weighted by Gasteiger charge is -2.21. The predicted octanol–water partition coefficient (Wildman–Crippen LogP) is 3.39. The van der Waals surface area contributed by atoms with Gasteiger partial charge in [0, 0.05) is 31.3 Å². The Kier molecular flexibility index (Phi) is 5.95. The normalized spacial score (nSPS) is 10.1. The van der Waals surface area contributed by atoms with Crippen LogP contribution in [-0.2, 0) is 9.59 Å². The molecule has 5 nitrogen and oxygen atoms in total. The summed E-state index contributed by atoms with van der Waals surface area (Å²) in [6.07, 6.45) is 0.222. The van der Waals surface area contributed by atoms with Crippen LogP contribution >= 0.6 is 0 Å². The van der Waals surface area contributed by atoms with Gasteiger partial charge in [0.15, 0.2) is 0 Å². The van der Waals surface area contributed by atoms with Crippen LogP contribution in [0.1, 0.15) is 18.9 Å². The Morgan fingerprint density at radius 3 is 2.42 bits per heavy atom. The third-order valence-electron chi connectivity index (χ3n) is 3.63. The first-order valence-corrected chi connectivity index (χ1v) is 7.78. The van der Waals surface area contributed by atoms with E-state index in [0.29, 0.717) is 6.54 Å². The molecule has 0 unspecified atom stereocenters. The van der Waals surface area contributed by atoms with Gasteiger partial charge < -0.3 is 15.0 Å². The first-order chi connectivity index (χ1) is 11.5. The summed E-state index contributed by atoms with van der Waals surface area (Å²) in [5, 5.41) is 2.85. The van der Waals surface area contributed by atoms with E-state index in [9.17, 15) is 9.59 Å². The molecule has 2 rings (SSSR count). The van der Waals surface area contributed by atoms with Crippen molar-refractivity contribution in [2.24, 2.45) is 0 Å². The van der Waals surface area contributed by atoms with Crippen molar-refractivity contribution < 1.29 is 14.3 Å². The second-order valence-electron chi connectivity index (χ2n) is 5.54. The van der Waals surface area contributed by atoms with Crippen LogP contribution in [-0.4, -0.2) is 25.5 Å². The highest BCUT2D eigenvalue weighted by Crippen LogP contribution is 2.20. The van der Waals surface area contributed by atoms with Gasteiger partial charge in [0.2, 0.25) is 11.8 Å². The molecule has 0 bridgehead atoms. The summed E-state index contributed by atoms with van der Waals surface area (Å²) in [6, 6.07) is 14.8. The minimum Gasteiger partial charge on any atom is -0.497 e. The highest BCUT2D eigenvalue weighted by Gasteiger charge is 2.13. The number of hydrogen-bond donors (Lipinski definition) is 1. The topological polar surface area (TPSA) is 58.6 Å². The van der Waals surface area contributed by atoms with Crippen molar-refractivity contribution in [1.82, 2.24) is 0 Å². The largest absolute Gasteiger partial charge is 0.497 e. The molecule has 0 spiro atoms. The minimum absolute atomic E-state index is 0.108. The molecule has 0 fully saturated rings. The highest BCUT2D eigenvalue weighted by molar-refractivity contribution is 5.94. The molecule has 0 saturated carbocycles. The fraction of sp³-hybridized carbons (Fsp3) is 0.263. The van der Waals surface area contributed by atoms with Gasteiger partial charge in [-0.2, -0.15) is 0 Å². The van der Waals surface area contributed by atoms with Gasteiger partial charge in [0.05, 0.1) is 7.11 Å². The molecule has 0 radical (unpaired) electrons. The van der Waals surface area contributed by atoms with E-state index in [0.717, 1.165) is 22.7 Å². The molecule has 0 aliphatic rings. The molecule has 0 atom stereocenters. The van der Waals surface area contributed by atoms with Crippen LogP contribution in [0.15, 0.2) is 48.5 Å². The van der Waals surface area contributed by atoms with Gasteiger partial charge in [-0.3, -0.25) is 9.59 Å². The van der Waals surface area contributed by atoms with Gasteiger partial charge in [-0.25, -0.2) is 0 Å². The number of nitrogens with zero attached hydrogens (tertiary/aromatic N) is 1. The lowest BCUT2D eigenvalue weighted by molar-refractivity contribution is -0.117. The fourth-order valence-electron chi connectivity index (χ4n) is 2.39. The lowest BCUT2D eigenvalue weighted by atomic mass is 10.2. The summed E-state index contributed by atoms with van der Waals surface area (Å²) in [7, 11) is 1.59. The van der Waals surface area contributed by atoms with E-state index in [-0.39, 0.29) is 18.2 Å². The van der Waals surface area contributed by atoms with E-state index in [4.69, 9.17) is 4.74 Å². The fourth-order valence-corrected chi connectivity index (χ4v) is 2.39. The second kappa shape index (κ2) is 8.15. The summed E-state index contributed by atoms with van der Waals surface area (Å²) in [5.74, 6) is 0.489. The van der Waals surface area contributed by atoms with Gasteiger partial charge >= 0.3 is 0 Å². The van der Waals surface area contributed by atoms with Crippen molar-refractivity contribution in [2.75, 3.05) is 23.9 Å². The Hall–Kier alpha value is -2.82. The molecule has 0 aromatic heterocycles. The Bertz CT molecular complexity index is 711. The number of aryl methyl sites for hydroxylation is 1. The summed E-state index contributed by atoms with van der Waals surface area (Å²) >= 11 is 0. The smallest absolute Gasteiger partial charge is 0.226 e. The van der Waals surface area contributed by atoms with Crippen LogP contribution in [0.4, 0.5) is 11.4 Å². The van der Waals surface area contributed by atoms with E-state index in [1.807, 2.05) is 31.2 Å². The summed E-state index contributed by atoms with van der Waals surface area (Å²) in [5.41, 5.74) is 2.59. The number of anilines is 2. The summed E-state index contributed by atoms with van der Waals surface area (Å²) < 4.78 is 5.12. The molecule has 0 saturated heterocycles. The van der Waals surface area contributed by atoms with Crippen molar-refractivity contribution in [3.63, 3.8) is 0 Å². The van der Waals surface area contributed by atoms with Crippen molar-refractivity contribution in [1.29, 1.82) is 0 Å². The predicted molar refractivity (Wildman–Crippen MR) is 95.4 cm³/mol. The maximum Gasteiger partial charge on any atom is 0.226 e. The molecular formula is C19H22N2O3. The van der Waals surface area contributed by atoms with E-state index in [1.54, 1.807) is 36.3 Å². The maximum absolute atomic E-state index is 12.1. The zero-order valence-corrected chi connectivity index (χ0v) is 14.2. The quantitative estimate of drug-likeness (QED) is 0.885. The molecule has 0 heterocycles. The maximum atomic E-state index is 12.1. The number of carbonyl (C=O) groups is 2. The molecule has 24 heavy (non-hydrogen) atoms. The Balaban J connectivity index is 1.97. The number of carbonyl (C=O) groups excluding carboxylic acids is 2. The number of hydrogen-bond acceptors (Lipinski definition) is 3. The van der Waals surface area contributed by atoms with Crippen LogP contribution in [0.25, 0.3) is 0 Å². The molecule has 5 heteroatoms. The average molecular weight is 326 g/mol. The first-order valence-electron chi connectivity index (χ1n) is 7.78. The third kappa shape index (κ3) is 4.84. The highest BCUT2D eigenvalue weighted by atomic mass is 16.5. The molecule has 2 aromatic carbocycles. The second-order valence-corrected chi connectivity index (χ2v) is 5.54. The zero-order valence-electron chi connectivity index (χ0n) is 14.2. The molecule has 1 N–H and O–H groups in total. The number of rotatable bonds is 6. The molecular weight excluding hydrogens is 304 g/mol. The van der Waals surface area contributed by atoms with Gasteiger partial charge in [0.25, 0.3) is 0 Å². The number of nitrogens with one attached hydrogen (secondary N) is 1. The van der Waals surface area contributed by atoms with Gasteiger partial charge in [-0.05, 0) is 48.9 Å². The first kappa shape index (κ1) is 17.5. The SMILES string of the molecule is COc1ccc(N(CCC(=O)Nc2cccc(C)c2)C(C)=O)cc1. The van der Waals surface area contributed by atoms with Crippen molar-refractivity contribution in [2.45, 2.75) is 20.3 Å². The number of ether oxygens (including phenoxy) is 1. The van der Waals surface area contributed by atoms with Crippen molar-refractivity contribution >= 4 is 23.2 Å². The molecule has 0 aliphatic carbocycles. The summed E-state index contributed by atoms with van der Waals surface area (Å²) in [6.45, 7) is 3.78. The lowest BCUT2D eigenvalue weighted by Crippen LogP contribution is -2.31. The van der Waals surface area contributed by atoms with Crippen LogP contribution in [0.3, 0.4) is 0 Å². The number of methoxy groups -OCH3 is 1. The van der Waals surface area contributed by atoms with Crippen LogP contribution in [0.5, 0.6) is 5.75 Å². The minimum atomic E-state index is -0.125. The molecule has 2 amide bonds. The zero-order chi connectivity index (χ0) is 17.5.